The summed E-state index contributed by atoms with van der Waals surface area (Å²) < 4.78 is 24.3. The molecule has 24 heavy (non-hydrogen) atoms. The lowest BCUT2D eigenvalue weighted by Crippen LogP contribution is -2.37. The fraction of sp³-hybridized carbons (Fsp3) is 0.278. The van der Waals surface area contributed by atoms with Crippen molar-refractivity contribution in [1.82, 2.24) is 10.6 Å². The van der Waals surface area contributed by atoms with Gasteiger partial charge >= 0.3 is 6.03 Å². The van der Waals surface area contributed by atoms with Crippen molar-refractivity contribution in [1.29, 1.82) is 0 Å². The van der Waals surface area contributed by atoms with Gasteiger partial charge in [0.15, 0.2) is 11.5 Å². The van der Waals surface area contributed by atoms with E-state index in [-0.39, 0.29) is 12.4 Å². The lowest BCUT2D eigenvalue weighted by atomic mass is 10.1. The van der Waals surface area contributed by atoms with Crippen LogP contribution in [0.5, 0.6) is 11.5 Å². The molecule has 2 aromatic carbocycles. The van der Waals surface area contributed by atoms with Crippen LogP contribution in [0.3, 0.4) is 0 Å². The van der Waals surface area contributed by atoms with Gasteiger partial charge in [0, 0.05) is 17.7 Å². The number of benzene rings is 2. The molecule has 0 radical (unpaired) electrons. The molecular formula is C18H21FN2O3. The molecular weight excluding hydrogens is 311 g/mol. The van der Waals surface area contributed by atoms with Gasteiger partial charge < -0.3 is 20.1 Å². The number of nitrogens with one attached hydrogen (secondary N) is 2. The second-order valence-electron chi connectivity index (χ2n) is 5.22. The van der Waals surface area contributed by atoms with Crippen LogP contribution in [0, 0.1) is 5.82 Å². The first-order chi connectivity index (χ1) is 11.6. The Bertz CT molecular complexity index is 706. The van der Waals surface area contributed by atoms with Gasteiger partial charge in [-0.25, -0.2) is 9.18 Å². The number of rotatable bonds is 6. The molecule has 2 aromatic rings. The highest BCUT2D eigenvalue weighted by molar-refractivity contribution is 5.74. The number of urea groups is 1. The van der Waals surface area contributed by atoms with E-state index in [1.54, 1.807) is 45.4 Å². The average Bonchev–Trinajstić information content (AvgIpc) is 2.59. The number of ether oxygens (including phenoxy) is 2. The Hall–Kier alpha value is -2.76. The molecule has 0 unspecified atom stereocenters. The summed E-state index contributed by atoms with van der Waals surface area (Å²) in [6.07, 6.45) is 0. The van der Waals surface area contributed by atoms with Crippen molar-refractivity contribution in [3.8, 4) is 11.5 Å². The Kier molecular flexibility index (Phi) is 6.01. The average molecular weight is 332 g/mol. The van der Waals surface area contributed by atoms with Crippen LogP contribution in [0.1, 0.15) is 24.1 Å². The maximum atomic E-state index is 13.7. The molecule has 0 aliphatic heterocycles. The molecule has 0 saturated heterocycles. The zero-order valence-electron chi connectivity index (χ0n) is 13.9. The molecule has 0 aromatic heterocycles. The molecule has 2 rings (SSSR count). The Morgan fingerprint density at radius 3 is 2.54 bits per heavy atom. The highest BCUT2D eigenvalue weighted by atomic mass is 19.1. The standard InChI is InChI=1S/C18H21FN2O3/c1-12(14-8-4-5-9-15(14)19)21-18(22)20-11-13-7-6-10-16(23-2)17(13)24-3/h4-10,12H,11H2,1-3H3,(H2,20,21,22)/t12-/m0/s1. The molecule has 0 fully saturated rings. The zero-order chi connectivity index (χ0) is 17.5. The Morgan fingerprint density at radius 2 is 1.88 bits per heavy atom. The molecule has 5 nitrogen and oxygen atoms in total. The van der Waals surface area contributed by atoms with Gasteiger partial charge in [0.25, 0.3) is 0 Å². The maximum Gasteiger partial charge on any atom is 0.315 e. The van der Waals surface area contributed by atoms with Crippen molar-refractivity contribution in [2.45, 2.75) is 19.5 Å². The second-order valence-corrected chi connectivity index (χ2v) is 5.22. The molecule has 0 aliphatic carbocycles. The van der Waals surface area contributed by atoms with Gasteiger partial charge in [0.1, 0.15) is 5.82 Å². The minimum Gasteiger partial charge on any atom is -0.493 e. The number of hydrogen-bond acceptors (Lipinski definition) is 3. The molecule has 0 bridgehead atoms. The normalized spacial score (nSPS) is 11.5. The van der Waals surface area contributed by atoms with Crippen LogP contribution in [0.25, 0.3) is 0 Å². The van der Waals surface area contributed by atoms with Crippen molar-refractivity contribution >= 4 is 6.03 Å². The van der Waals surface area contributed by atoms with Crippen LogP contribution in [-0.4, -0.2) is 20.3 Å². The maximum absolute atomic E-state index is 13.7. The largest absolute Gasteiger partial charge is 0.493 e. The summed E-state index contributed by atoms with van der Waals surface area (Å²) >= 11 is 0. The van der Waals surface area contributed by atoms with E-state index in [0.29, 0.717) is 17.1 Å². The van der Waals surface area contributed by atoms with Gasteiger partial charge in [-0.1, -0.05) is 30.3 Å². The number of carbonyl (C=O) groups is 1. The first-order valence-electron chi connectivity index (χ1n) is 7.55. The Labute approximate surface area is 140 Å². The van der Waals surface area contributed by atoms with E-state index in [9.17, 15) is 9.18 Å². The van der Waals surface area contributed by atoms with Gasteiger partial charge in [-0.15, -0.1) is 0 Å². The van der Waals surface area contributed by atoms with Crippen LogP contribution in [0.2, 0.25) is 0 Å². The first-order valence-corrected chi connectivity index (χ1v) is 7.55. The number of carbonyl (C=O) groups excluding carboxylic acids is 1. The fourth-order valence-electron chi connectivity index (χ4n) is 2.42. The van der Waals surface area contributed by atoms with Crippen molar-refractivity contribution in [3.05, 3.63) is 59.4 Å². The molecule has 128 valence electrons. The van der Waals surface area contributed by atoms with Crippen LogP contribution in [0.15, 0.2) is 42.5 Å². The van der Waals surface area contributed by atoms with Gasteiger partial charge in [0.2, 0.25) is 0 Å². The number of methoxy groups -OCH3 is 2. The lowest BCUT2D eigenvalue weighted by Gasteiger charge is -2.17. The third-order valence-electron chi connectivity index (χ3n) is 3.64. The summed E-state index contributed by atoms with van der Waals surface area (Å²) in [5.74, 6) is 0.819. The molecule has 0 saturated carbocycles. The van der Waals surface area contributed by atoms with Gasteiger partial charge in [0.05, 0.1) is 20.3 Å². The van der Waals surface area contributed by atoms with Crippen molar-refractivity contribution < 1.29 is 18.7 Å². The monoisotopic (exact) mass is 332 g/mol. The molecule has 0 heterocycles. The first kappa shape index (κ1) is 17.6. The summed E-state index contributed by atoms with van der Waals surface area (Å²) in [7, 11) is 3.10. The van der Waals surface area contributed by atoms with E-state index in [1.807, 2.05) is 12.1 Å². The fourth-order valence-corrected chi connectivity index (χ4v) is 2.42. The predicted molar refractivity (Wildman–Crippen MR) is 89.7 cm³/mol. The topological polar surface area (TPSA) is 59.6 Å². The summed E-state index contributed by atoms with van der Waals surface area (Å²) in [4.78, 5) is 12.0. The molecule has 6 heteroatoms. The van der Waals surface area contributed by atoms with E-state index in [4.69, 9.17) is 9.47 Å². The third kappa shape index (κ3) is 4.16. The van der Waals surface area contributed by atoms with Gasteiger partial charge in [-0.2, -0.15) is 0 Å². The molecule has 1 atom stereocenters. The van der Waals surface area contributed by atoms with Crippen molar-refractivity contribution in [2.75, 3.05) is 14.2 Å². The minimum absolute atomic E-state index is 0.260. The number of amides is 2. The second kappa shape index (κ2) is 8.19. The molecule has 2 N–H and O–H groups in total. The molecule has 0 spiro atoms. The summed E-state index contributed by atoms with van der Waals surface area (Å²) in [5.41, 5.74) is 1.22. The van der Waals surface area contributed by atoms with Crippen molar-refractivity contribution in [2.24, 2.45) is 0 Å². The smallest absolute Gasteiger partial charge is 0.315 e. The Morgan fingerprint density at radius 1 is 1.12 bits per heavy atom. The van der Waals surface area contributed by atoms with E-state index in [2.05, 4.69) is 10.6 Å². The zero-order valence-corrected chi connectivity index (χ0v) is 13.9. The van der Waals surface area contributed by atoms with E-state index in [1.165, 1.54) is 6.07 Å². The van der Waals surface area contributed by atoms with Crippen LogP contribution >= 0.6 is 0 Å². The van der Waals surface area contributed by atoms with Crippen LogP contribution in [0.4, 0.5) is 9.18 Å². The summed E-state index contributed by atoms with van der Waals surface area (Å²) in [6.45, 7) is 1.99. The SMILES string of the molecule is COc1cccc(CNC(=O)N[C@@H](C)c2ccccc2F)c1OC. The number of para-hydroxylation sites is 1. The Balaban J connectivity index is 1.98. The highest BCUT2D eigenvalue weighted by Crippen LogP contribution is 2.30. The van der Waals surface area contributed by atoms with E-state index in [0.717, 1.165) is 5.56 Å². The molecule has 2 amide bonds. The highest BCUT2D eigenvalue weighted by Gasteiger charge is 2.14. The van der Waals surface area contributed by atoms with Crippen LogP contribution in [-0.2, 0) is 6.54 Å². The lowest BCUT2D eigenvalue weighted by molar-refractivity contribution is 0.237. The van der Waals surface area contributed by atoms with Gasteiger partial charge in [-0.3, -0.25) is 0 Å². The summed E-state index contributed by atoms with van der Waals surface area (Å²) in [5, 5.41) is 5.45. The third-order valence-corrected chi connectivity index (χ3v) is 3.64. The molecule has 0 aliphatic rings. The minimum atomic E-state index is -0.446. The van der Waals surface area contributed by atoms with E-state index >= 15 is 0 Å². The van der Waals surface area contributed by atoms with Gasteiger partial charge in [-0.05, 0) is 19.1 Å². The van der Waals surface area contributed by atoms with E-state index < -0.39 is 12.1 Å². The van der Waals surface area contributed by atoms with Crippen molar-refractivity contribution in [3.63, 3.8) is 0 Å². The number of halogens is 1. The predicted octanol–water partition coefficient (Wildman–Crippen LogP) is 3.40. The number of hydrogen-bond donors (Lipinski definition) is 2. The van der Waals surface area contributed by atoms with Crippen LogP contribution < -0.4 is 20.1 Å². The quantitative estimate of drug-likeness (QED) is 0.852. The summed E-state index contributed by atoms with van der Waals surface area (Å²) in [6, 6.07) is 10.9.